The lowest BCUT2D eigenvalue weighted by Crippen LogP contribution is -2.35. The summed E-state index contributed by atoms with van der Waals surface area (Å²) in [5, 5.41) is 8.75. The maximum Gasteiger partial charge on any atom is 0.161 e. The number of thioether (sulfide) groups is 2. The van der Waals surface area contributed by atoms with E-state index in [9.17, 15) is 0 Å². The number of ether oxygens (including phenoxy) is 1. The lowest BCUT2D eigenvalue weighted by Gasteiger charge is -2.31. The van der Waals surface area contributed by atoms with Gasteiger partial charge < -0.3 is 10.1 Å². The molecule has 1 N–H and O–H groups in total. The average Bonchev–Trinajstić information content (AvgIpc) is 2.89. The zero-order valence-corrected chi connectivity index (χ0v) is 14.4. The van der Waals surface area contributed by atoms with Gasteiger partial charge >= 0.3 is 0 Å². The topological polar surface area (TPSA) is 39.1 Å². The molecule has 0 spiro atoms. The highest BCUT2D eigenvalue weighted by atomic mass is 32.2. The van der Waals surface area contributed by atoms with Gasteiger partial charge in [0.25, 0.3) is 0 Å². The molecule has 1 aromatic heterocycles. The molecule has 1 aliphatic heterocycles. The Labute approximate surface area is 130 Å². The predicted molar refractivity (Wildman–Crippen MR) is 89.2 cm³/mol. The largest absolute Gasteiger partial charge is 0.493 e. The SMILES string of the molecule is CCNC(c1c(OC)cnn1C(C)C)C1CSCCS1. The lowest BCUT2D eigenvalue weighted by atomic mass is 10.1. The molecule has 2 unspecified atom stereocenters. The van der Waals surface area contributed by atoms with Crippen LogP contribution in [-0.4, -0.2) is 45.9 Å². The van der Waals surface area contributed by atoms with E-state index in [1.165, 1.54) is 23.0 Å². The van der Waals surface area contributed by atoms with Gasteiger partial charge in [0.15, 0.2) is 5.75 Å². The van der Waals surface area contributed by atoms with Crippen molar-refractivity contribution < 1.29 is 4.74 Å². The summed E-state index contributed by atoms with van der Waals surface area (Å²) in [6.07, 6.45) is 1.85. The summed E-state index contributed by atoms with van der Waals surface area (Å²) in [7, 11) is 1.73. The first-order valence-corrected chi connectivity index (χ1v) is 9.43. The summed E-state index contributed by atoms with van der Waals surface area (Å²) < 4.78 is 7.66. The van der Waals surface area contributed by atoms with Crippen molar-refractivity contribution >= 4 is 23.5 Å². The summed E-state index contributed by atoms with van der Waals surface area (Å²) >= 11 is 4.12. The van der Waals surface area contributed by atoms with Crippen LogP contribution in [-0.2, 0) is 0 Å². The fourth-order valence-electron chi connectivity index (χ4n) is 2.54. The van der Waals surface area contributed by atoms with Crippen LogP contribution in [0.1, 0.15) is 38.5 Å². The third-order valence-electron chi connectivity index (χ3n) is 3.44. The second kappa shape index (κ2) is 7.61. The number of aromatic nitrogens is 2. The zero-order valence-electron chi connectivity index (χ0n) is 12.8. The van der Waals surface area contributed by atoms with Gasteiger partial charge in [-0.3, -0.25) is 4.68 Å². The molecule has 4 nitrogen and oxygen atoms in total. The van der Waals surface area contributed by atoms with Gasteiger partial charge in [-0.25, -0.2) is 0 Å². The highest BCUT2D eigenvalue weighted by Crippen LogP contribution is 2.37. The second-order valence-electron chi connectivity index (χ2n) is 5.16. The normalized spacial score (nSPS) is 21.1. The molecule has 0 aromatic carbocycles. The van der Waals surface area contributed by atoms with Gasteiger partial charge in [0.1, 0.15) is 0 Å². The van der Waals surface area contributed by atoms with E-state index in [0.29, 0.717) is 17.3 Å². The van der Waals surface area contributed by atoms with E-state index in [1.807, 2.05) is 6.20 Å². The fourth-order valence-corrected chi connectivity index (χ4v) is 5.38. The minimum atomic E-state index is 0.303. The first kappa shape index (κ1) is 16.0. The van der Waals surface area contributed by atoms with Crippen LogP contribution in [0.2, 0.25) is 0 Å². The van der Waals surface area contributed by atoms with Crippen LogP contribution in [0.3, 0.4) is 0 Å². The van der Waals surface area contributed by atoms with Gasteiger partial charge in [-0.1, -0.05) is 6.92 Å². The molecular weight excluding hydrogens is 290 g/mol. The lowest BCUT2D eigenvalue weighted by molar-refractivity contribution is 0.384. The van der Waals surface area contributed by atoms with Gasteiger partial charge in [0.2, 0.25) is 0 Å². The Hall–Kier alpha value is -0.330. The standard InChI is InChI=1S/C14H25N3OS2/c1-5-15-13(12-9-19-6-7-20-12)14-11(18-4)8-16-17(14)10(2)3/h8,10,12-13,15H,5-7,9H2,1-4H3. The first-order chi connectivity index (χ1) is 9.69. The number of nitrogens with zero attached hydrogens (tertiary/aromatic N) is 2. The number of rotatable bonds is 6. The molecule has 1 aromatic rings. The van der Waals surface area contributed by atoms with Crippen molar-refractivity contribution in [3.63, 3.8) is 0 Å². The summed E-state index contributed by atoms with van der Waals surface area (Å²) in [5.74, 6) is 4.59. The molecule has 0 saturated carbocycles. The van der Waals surface area contributed by atoms with E-state index in [0.717, 1.165) is 12.3 Å². The molecular formula is C14H25N3OS2. The minimum absolute atomic E-state index is 0.303. The quantitative estimate of drug-likeness (QED) is 0.874. The predicted octanol–water partition coefficient (Wildman–Crippen LogP) is 2.97. The van der Waals surface area contributed by atoms with Crippen LogP contribution in [0.15, 0.2) is 6.20 Å². The van der Waals surface area contributed by atoms with Crippen molar-refractivity contribution in [2.45, 2.75) is 38.1 Å². The molecule has 2 atom stereocenters. The summed E-state index contributed by atoms with van der Waals surface area (Å²) in [6.45, 7) is 7.46. The van der Waals surface area contributed by atoms with Crippen molar-refractivity contribution in [3.8, 4) is 5.75 Å². The Morgan fingerprint density at radius 3 is 2.85 bits per heavy atom. The van der Waals surface area contributed by atoms with E-state index in [4.69, 9.17) is 4.74 Å². The highest BCUT2D eigenvalue weighted by molar-refractivity contribution is 8.06. The monoisotopic (exact) mass is 315 g/mol. The molecule has 1 saturated heterocycles. The summed E-state index contributed by atoms with van der Waals surface area (Å²) in [6, 6.07) is 0.647. The van der Waals surface area contributed by atoms with Crippen molar-refractivity contribution in [3.05, 3.63) is 11.9 Å². The molecule has 0 amide bonds. The van der Waals surface area contributed by atoms with Gasteiger partial charge in [-0.05, 0) is 20.4 Å². The Balaban J connectivity index is 2.33. The first-order valence-electron chi connectivity index (χ1n) is 7.23. The third-order valence-corrected chi connectivity index (χ3v) is 6.30. The molecule has 6 heteroatoms. The van der Waals surface area contributed by atoms with Crippen LogP contribution >= 0.6 is 23.5 Å². The van der Waals surface area contributed by atoms with Gasteiger partial charge in [0.05, 0.1) is 25.0 Å². The van der Waals surface area contributed by atoms with E-state index in [2.05, 4.69) is 59.4 Å². The van der Waals surface area contributed by atoms with Crippen LogP contribution in [0.5, 0.6) is 5.75 Å². The summed E-state index contributed by atoms with van der Waals surface area (Å²) in [4.78, 5) is 0. The Kier molecular flexibility index (Phi) is 6.11. The highest BCUT2D eigenvalue weighted by Gasteiger charge is 2.31. The van der Waals surface area contributed by atoms with Gasteiger partial charge in [-0.15, -0.1) is 0 Å². The maximum absolute atomic E-state index is 5.55. The van der Waals surface area contributed by atoms with Crippen LogP contribution in [0, 0.1) is 0 Å². The molecule has 0 bridgehead atoms. The number of hydrogen-bond donors (Lipinski definition) is 1. The molecule has 1 fully saturated rings. The van der Waals surface area contributed by atoms with E-state index >= 15 is 0 Å². The van der Waals surface area contributed by atoms with Crippen LogP contribution in [0.4, 0.5) is 0 Å². The van der Waals surface area contributed by atoms with E-state index < -0.39 is 0 Å². The van der Waals surface area contributed by atoms with Gasteiger partial charge in [-0.2, -0.15) is 28.6 Å². The molecule has 0 aliphatic carbocycles. The van der Waals surface area contributed by atoms with Crippen molar-refractivity contribution in [1.29, 1.82) is 0 Å². The fraction of sp³-hybridized carbons (Fsp3) is 0.786. The number of methoxy groups -OCH3 is 1. The van der Waals surface area contributed by atoms with Crippen LogP contribution < -0.4 is 10.1 Å². The molecule has 2 rings (SSSR count). The number of nitrogens with one attached hydrogen (secondary N) is 1. The smallest absolute Gasteiger partial charge is 0.161 e. The average molecular weight is 316 g/mol. The number of hydrogen-bond acceptors (Lipinski definition) is 5. The van der Waals surface area contributed by atoms with E-state index in [-0.39, 0.29) is 0 Å². The van der Waals surface area contributed by atoms with Crippen molar-refractivity contribution in [2.24, 2.45) is 0 Å². The molecule has 1 aliphatic rings. The molecule has 2 heterocycles. The Bertz CT molecular complexity index is 417. The third kappa shape index (κ3) is 3.46. The van der Waals surface area contributed by atoms with Crippen molar-refractivity contribution in [1.82, 2.24) is 15.1 Å². The molecule has 0 radical (unpaired) electrons. The Morgan fingerprint density at radius 2 is 2.30 bits per heavy atom. The van der Waals surface area contributed by atoms with Gasteiger partial charge in [0, 0.05) is 28.6 Å². The van der Waals surface area contributed by atoms with Crippen molar-refractivity contribution in [2.75, 3.05) is 30.9 Å². The zero-order chi connectivity index (χ0) is 14.5. The molecule has 114 valence electrons. The maximum atomic E-state index is 5.55. The minimum Gasteiger partial charge on any atom is -0.493 e. The molecule has 20 heavy (non-hydrogen) atoms. The van der Waals surface area contributed by atoms with Crippen LogP contribution in [0.25, 0.3) is 0 Å². The Morgan fingerprint density at radius 1 is 1.50 bits per heavy atom. The van der Waals surface area contributed by atoms with E-state index in [1.54, 1.807) is 7.11 Å². The second-order valence-corrected chi connectivity index (χ2v) is 7.65. The summed E-state index contributed by atoms with van der Waals surface area (Å²) in [5.41, 5.74) is 1.20.